The topological polar surface area (TPSA) is 37.8 Å². The third-order valence-corrected chi connectivity index (χ3v) is 7.33. The van der Waals surface area contributed by atoms with Gasteiger partial charge in [0.2, 0.25) is 0 Å². The van der Waals surface area contributed by atoms with Crippen molar-refractivity contribution in [1.82, 2.24) is 9.97 Å². The number of anilines is 1. The van der Waals surface area contributed by atoms with Crippen LogP contribution in [0.3, 0.4) is 0 Å². The van der Waals surface area contributed by atoms with E-state index in [4.69, 9.17) is 9.97 Å². The van der Waals surface area contributed by atoms with Crippen LogP contribution < -0.4 is 5.32 Å². The average molecular weight is 390 g/mol. The highest BCUT2D eigenvalue weighted by Gasteiger charge is 2.28. The smallest absolute Gasteiger partial charge is 0.145 e. The minimum atomic E-state index is 0.412. The SMILES string of the molecule is CCCNc1nc(C2SCCSC2C)nc(CCC)c1Br. The number of rotatable bonds is 6. The fraction of sp³-hybridized carbons (Fsp3) is 0.733. The van der Waals surface area contributed by atoms with Crippen LogP contribution in [0.25, 0.3) is 0 Å². The summed E-state index contributed by atoms with van der Waals surface area (Å²) in [6, 6.07) is 0. The van der Waals surface area contributed by atoms with Gasteiger partial charge in [-0.05, 0) is 28.8 Å². The highest BCUT2D eigenvalue weighted by Crippen LogP contribution is 2.42. The Kier molecular flexibility index (Phi) is 7.16. The Hall–Kier alpha value is 0.0600. The molecule has 0 spiro atoms. The molecule has 1 N–H and O–H groups in total. The van der Waals surface area contributed by atoms with Gasteiger partial charge in [0, 0.05) is 23.3 Å². The molecule has 21 heavy (non-hydrogen) atoms. The van der Waals surface area contributed by atoms with Crippen LogP contribution in [0.2, 0.25) is 0 Å². The van der Waals surface area contributed by atoms with E-state index in [1.54, 1.807) is 0 Å². The first-order valence-corrected chi connectivity index (χ1v) is 10.6. The van der Waals surface area contributed by atoms with Gasteiger partial charge in [0.15, 0.2) is 0 Å². The van der Waals surface area contributed by atoms with Crippen molar-refractivity contribution in [3.05, 3.63) is 16.0 Å². The predicted molar refractivity (Wildman–Crippen MR) is 99.6 cm³/mol. The molecular formula is C15H24BrN3S2. The summed E-state index contributed by atoms with van der Waals surface area (Å²) < 4.78 is 1.04. The summed E-state index contributed by atoms with van der Waals surface area (Å²) in [4.78, 5) is 9.70. The van der Waals surface area contributed by atoms with Crippen LogP contribution in [-0.2, 0) is 6.42 Å². The number of nitrogens with one attached hydrogen (secondary N) is 1. The van der Waals surface area contributed by atoms with Gasteiger partial charge < -0.3 is 5.32 Å². The van der Waals surface area contributed by atoms with Crippen molar-refractivity contribution in [2.75, 3.05) is 23.4 Å². The van der Waals surface area contributed by atoms with Gasteiger partial charge in [-0.25, -0.2) is 9.97 Å². The zero-order valence-electron chi connectivity index (χ0n) is 13.0. The second-order valence-electron chi connectivity index (χ2n) is 5.24. The molecule has 118 valence electrons. The highest BCUT2D eigenvalue weighted by atomic mass is 79.9. The monoisotopic (exact) mass is 389 g/mol. The Bertz CT molecular complexity index is 470. The molecule has 0 radical (unpaired) electrons. The third kappa shape index (κ3) is 4.52. The molecule has 3 nitrogen and oxygen atoms in total. The second kappa shape index (κ2) is 8.63. The third-order valence-electron chi connectivity index (χ3n) is 3.41. The predicted octanol–water partition coefficient (Wildman–Crippen LogP) is 4.92. The quantitative estimate of drug-likeness (QED) is 0.746. The molecule has 1 aromatic heterocycles. The summed E-state index contributed by atoms with van der Waals surface area (Å²) >= 11 is 7.72. The molecule has 1 fully saturated rings. The maximum atomic E-state index is 4.87. The van der Waals surface area contributed by atoms with E-state index in [0.717, 1.165) is 47.6 Å². The van der Waals surface area contributed by atoms with Crippen LogP contribution in [-0.4, -0.2) is 33.3 Å². The van der Waals surface area contributed by atoms with Crippen molar-refractivity contribution in [2.24, 2.45) is 0 Å². The van der Waals surface area contributed by atoms with E-state index in [1.165, 1.54) is 11.5 Å². The van der Waals surface area contributed by atoms with Crippen molar-refractivity contribution in [3.63, 3.8) is 0 Å². The molecule has 2 rings (SSSR count). The minimum Gasteiger partial charge on any atom is -0.369 e. The van der Waals surface area contributed by atoms with E-state index >= 15 is 0 Å². The van der Waals surface area contributed by atoms with E-state index < -0.39 is 0 Å². The van der Waals surface area contributed by atoms with Gasteiger partial charge in [-0.2, -0.15) is 11.8 Å². The Labute approximate surface area is 145 Å². The molecule has 6 heteroatoms. The fourth-order valence-corrected chi connectivity index (χ4v) is 5.52. The molecule has 2 unspecified atom stereocenters. The van der Waals surface area contributed by atoms with E-state index in [1.807, 2.05) is 23.5 Å². The number of halogens is 1. The molecule has 1 aliphatic rings. The largest absolute Gasteiger partial charge is 0.369 e. The molecule has 1 aliphatic heterocycles. The van der Waals surface area contributed by atoms with Gasteiger partial charge in [-0.3, -0.25) is 0 Å². The molecule has 0 aliphatic carbocycles. The van der Waals surface area contributed by atoms with Gasteiger partial charge in [0.05, 0.1) is 15.4 Å². The van der Waals surface area contributed by atoms with E-state index in [9.17, 15) is 0 Å². The van der Waals surface area contributed by atoms with Crippen LogP contribution in [0.4, 0.5) is 5.82 Å². The minimum absolute atomic E-state index is 0.412. The van der Waals surface area contributed by atoms with Crippen molar-refractivity contribution in [3.8, 4) is 0 Å². The summed E-state index contributed by atoms with van der Waals surface area (Å²) in [6.45, 7) is 7.61. The molecule has 0 saturated carbocycles. The van der Waals surface area contributed by atoms with Crippen LogP contribution in [0.1, 0.15) is 50.4 Å². The fourth-order valence-electron chi connectivity index (χ4n) is 2.32. The summed E-state index contributed by atoms with van der Waals surface area (Å²) in [5.74, 6) is 4.40. The molecule has 0 aromatic carbocycles. The summed E-state index contributed by atoms with van der Waals surface area (Å²) in [7, 11) is 0. The Morgan fingerprint density at radius 2 is 1.95 bits per heavy atom. The summed E-state index contributed by atoms with van der Waals surface area (Å²) in [6.07, 6.45) is 3.19. The maximum Gasteiger partial charge on any atom is 0.145 e. The molecule has 0 bridgehead atoms. The Morgan fingerprint density at radius 1 is 1.19 bits per heavy atom. The van der Waals surface area contributed by atoms with Crippen molar-refractivity contribution >= 4 is 45.3 Å². The van der Waals surface area contributed by atoms with Crippen molar-refractivity contribution in [2.45, 2.75) is 50.5 Å². The lowest BCUT2D eigenvalue weighted by Gasteiger charge is -2.27. The second-order valence-corrected chi connectivity index (χ2v) is 8.76. The van der Waals surface area contributed by atoms with E-state index in [-0.39, 0.29) is 0 Å². The van der Waals surface area contributed by atoms with Crippen LogP contribution in [0.15, 0.2) is 4.47 Å². The van der Waals surface area contributed by atoms with Crippen molar-refractivity contribution < 1.29 is 0 Å². The zero-order chi connectivity index (χ0) is 15.2. The Morgan fingerprint density at radius 3 is 2.62 bits per heavy atom. The summed E-state index contributed by atoms with van der Waals surface area (Å²) in [5, 5.41) is 4.44. The standard InChI is InChI=1S/C15H24BrN3S2/c1-4-6-11-12(16)14(17-7-5-2)19-15(18-11)13-10(3)20-8-9-21-13/h10,13H,4-9H2,1-3H3,(H,17,18,19). The lowest BCUT2D eigenvalue weighted by molar-refractivity contribution is 0.780. The number of thioether (sulfide) groups is 2. The average Bonchev–Trinajstić information content (AvgIpc) is 2.49. The lowest BCUT2D eigenvalue weighted by Crippen LogP contribution is -2.20. The number of aryl methyl sites for hydroxylation is 1. The Balaban J connectivity index is 2.32. The van der Waals surface area contributed by atoms with Gasteiger partial charge in [0.1, 0.15) is 11.6 Å². The normalized spacial score (nSPS) is 22.3. The van der Waals surface area contributed by atoms with Gasteiger partial charge in [-0.15, -0.1) is 11.8 Å². The lowest BCUT2D eigenvalue weighted by atomic mass is 10.2. The number of hydrogen-bond acceptors (Lipinski definition) is 5. The van der Waals surface area contributed by atoms with Crippen LogP contribution >= 0.6 is 39.5 Å². The van der Waals surface area contributed by atoms with Crippen LogP contribution in [0.5, 0.6) is 0 Å². The maximum absolute atomic E-state index is 4.87. The van der Waals surface area contributed by atoms with E-state index in [2.05, 4.69) is 42.0 Å². The zero-order valence-corrected chi connectivity index (χ0v) is 16.2. The number of aromatic nitrogens is 2. The molecular weight excluding hydrogens is 366 g/mol. The van der Waals surface area contributed by atoms with Gasteiger partial charge >= 0.3 is 0 Å². The first-order valence-electron chi connectivity index (χ1n) is 7.70. The van der Waals surface area contributed by atoms with Gasteiger partial charge in [-0.1, -0.05) is 27.2 Å². The molecule has 0 amide bonds. The molecule has 2 atom stereocenters. The van der Waals surface area contributed by atoms with Crippen LogP contribution in [0, 0.1) is 0 Å². The van der Waals surface area contributed by atoms with E-state index in [0.29, 0.717) is 10.5 Å². The first-order chi connectivity index (χ1) is 10.2. The van der Waals surface area contributed by atoms with Gasteiger partial charge in [0.25, 0.3) is 0 Å². The number of hydrogen-bond donors (Lipinski definition) is 1. The molecule has 1 aromatic rings. The number of nitrogens with zero attached hydrogens (tertiary/aromatic N) is 2. The molecule has 1 saturated heterocycles. The summed E-state index contributed by atoms with van der Waals surface area (Å²) in [5.41, 5.74) is 1.14. The van der Waals surface area contributed by atoms with Crippen molar-refractivity contribution in [1.29, 1.82) is 0 Å². The molecule has 2 heterocycles. The highest BCUT2D eigenvalue weighted by molar-refractivity contribution is 9.10. The first kappa shape index (κ1) is 17.4.